The molecule has 0 aliphatic rings. The van der Waals surface area contributed by atoms with Gasteiger partial charge in [-0.2, -0.15) is 0 Å². The molecule has 192 valence electrons. The van der Waals surface area contributed by atoms with E-state index in [1.807, 2.05) is 0 Å². The van der Waals surface area contributed by atoms with Gasteiger partial charge in [-0.15, -0.1) is 0 Å². The first kappa shape index (κ1) is 31.1. The Balaban J connectivity index is 4.22. The fraction of sp³-hybridized carbons (Fsp3) is 0.815. The van der Waals surface area contributed by atoms with Crippen LogP contribution in [0.25, 0.3) is 0 Å². The number of unbranched alkanes of at least 4 members (excludes halogenated alkanes) is 9. The highest BCUT2D eigenvalue weighted by atomic mass is 16.2. The Morgan fingerprint density at radius 3 is 1.82 bits per heavy atom. The van der Waals surface area contributed by atoms with Crippen LogP contribution in [0, 0.1) is 0 Å². The predicted octanol–water partition coefficient (Wildman–Crippen LogP) is 5.56. The van der Waals surface area contributed by atoms with Crippen LogP contribution in [-0.4, -0.2) is 36.9 Å². The lowest BCUT2D eigenvalue weighted by molar-refractivity contribution is -0.129. The summed E-state index contributed by atoms with van der Waals surface area (Å²) in [5, 5.41) is 8.61. The molecule has 33 heavy (non-hydrogen) atoms. The van der Waals surface area contributed by atoms with Gasteiger partial charge in [0.2, 0.25) is 17.7 Å². The summed E-state index contributed by atoms with van der Waals surface area (Å²) < 4.78 is 0. The third kappa shape index (κ3) is 20.5. The molecule has 0 heterocycles. The fourth-order valence-electron chi connectivity index (χ4n) is 3.46. The third-order valence-electron chi connectivity index (χ3n) is 5.66. The number of allylic oxidation sites excluding steroid dienone is 2. The van der Waals surface area contributed by atoms with Gasteiger partial charge in [0.05, 0.1) is 0 Å². The second kappa shape index (κ2) is 23.3. The van der Waals surface area contributed by atoms with Gasteiger partial charge < -0.3 is 16.0 Å². The maximum Gasteiger partial charge on any atom is 0.242 e. The van der Waals surface area contributed by atoms with Crippen molar-refractivity contribution in [1.82, 2.24) is 16.0 Å². The van der Waals surface area contributed by atoms with E-state index in [1.165, 1.54) is 32.1 Å². The molecule has 3 amide bonds. The van der Waals surface area contributed by atoms with E-state index in [4.69, 9.17) is 0 Å². The molecule has 0 unspecified atom stereocenters. The Hall–Kier alpha value is -1.85. The second-order valence-corrected chi connectivity index (χ2v) is 8.93. The minimum absolute atomic E-state index is 0.0672. The highest BCUT2D eigenvalue weighted by molar-refractivity contribution is 5.88. The molecular formula is C27H51N3O3. The van der Waals surface area contributed by atoms with E-state index in [0.717, 1.165) is 51.4 Å². The van der Waals surface area contributed by atoms with Gasteiger partial charge in [-0.05, 0) is 51.4 Å². The van der Waals surface area contributed by atoms with Crippen LogP contribution in [0.5, 0.6) is 0 Å². The van der Waals surface area contributed by atoms with Crippen molar-refractivity contribution in [1.29, 1.82) is 0 Å². The topological polar surface area (TPSA) is 87.3 Å². The molecule has 0 spiro atoms. The van der Waals surface area contributed by atoms with Crippen LogP contribution >= 0.6 is 0 Å². The Bertz CT molecular complexity index is 535. The first-order chi connectivity index (χ1) is 16.0. The van der Waals surface area contributed by atoms with Gasteiger partial charge in [-0.3, -0.25) is 14.4 Å². The van der Waals surface area contributed by atoms with Crippen molar-refractivity contribution in [2.45, 2.75) is 130 Å². The van der Waals surface area contributed by atoms with E-state index >= 15 is 0 Å². The number of amides is 3. The van der Waals surface area contributed by atoms with Crippen LogP contribution in [0.4, 0.5) is 0 Å². The number of carbonyl (C=O) groups is 3. The van der Waals surface area contributed by atoms with E-state index in [2.05, 4.69) is 48.9 Å². The van der Waals surface area contributed by atoms with E-state index in [1.54, 1.807) is 0 Å². The zero-order valence-electron chi connectivity index (χ0n) is 21.7. The first-order valence-electron chi connectivity index (χ1n) is 13.5. The third-order valence-corrected chi connectivity index (χ3v) is 5.66. The molecule has 1 atom stereocenters. The second-order valence-electron chi connectivity index (χ2n) is 8.93. The van der Waals surface area contributed by atoms with Gasteiger partial charge >= 0.3 is 0 Å². The van der Waals surface area contributed by atoms with E-state index in [-0.39, 0.29) is 24.1 Å². The molecule has 0 saturated carbocycles. The predicted molar refractivity (Wildman–Crippen MR) is 138 cm³/mol. The molecule has 0 radical (unpaired) electrons. The molecule has 0 saturated heterocycles. The molecule has 0 aliphatic carbocycles. The molecule has 0 aromatic heterocycles. The maximum atomic E-state index is 12.5. The number of rotatable bonds is 22. The lowest BCUT2D eigenvalue weighted by Crippen LogP contribution is -2.47. The average Bonchev–Trinajstić information content (AvgIpc) is 2.80. The first-order valence-corrected chi connectivity index (χ1v) is 13.5. The maximum absolute atomic E-state index is 12.5. The molecule has 0 bridgehead atoms. The summed E-state index contributed by atoms with van der Waals surface area (Å²) in [5.74, 6) is -0.367. The largest absolute Gasteiger partial charge is 0.356 e. The average molecular weight is 466 g/mol. The Morgan fingerprint density at radius 2 is 1.21 bits per heavy atom. The summed E-state index contributed by atoms with van der Waals surface area (Å²) in [7, 11) is 0. The number of carbonyl (C=O) groups excluding carboxylic acids is 3. The summed E-state index contributed by atoms with van der Waals surface area (Å²) in [6, 6.07) is -0.651. The van der Waals surface area contributed by atoms with E-state index in [0.29, 0.717) is 25.9 Å². The van der Waals surface area contributed by atoms with Gasteiger partial charge in [0.25, 0.3) is 0 Å². The van der Waals surface area contributed by atoms with Crippen LogP contribution in [0.3, 0.4) is 0 Å². The smallest absolute Gasteiger partial charge is 0.242 e. The van der Waals surface area contributed by atoms with Crippen molar-refractivity contribution >= 4 is 17.7 Å². The van der Waals surface area contributed by atoms with Crippen molar-refractivity contribution in [2.24, 2.45) is 0 Å². The molecule has 3 N–H and O–H groups in total. The number of hydrogen-bond donors (Lipinski definition) is 3. The molecular weight excluding hydrogens is 414 g/mol. The van der Waals surface area contributed by atoms with Crippen LogP contribution < -0.4 is 16.0 Å². The normalized spacial score (nSPS) is 12.0. The Kier molecular flexibility index (Phi) is 22.0. The molecule has 0 aliphatic heterocycles. The lowest BCUT2D eigenvalue weighted by Gasteiger charge is -2.18. The summed E-state index contributed by atoms with van der Waals surface area (Å²) in [5.41, 5.74) is 0. The van der Waals surface area contributed by atoms with E-state index < -0.39 is 6.04 Å². The minimum Gasteiger partial charge on any atom is -0.356 e. The molecule has 6 nitrogen and oxygen atoms in total. The van der Waals surface area contributed by atoms with Crippen LogP contribution in [-0.2, 0) is 14.4 Å². The van der Waals surface area contributed by atoms with Crippen molar-refractivity contribution in [3.8, 4) is 0 Å². The van der Waals surface area contributed by atoms with Crippen molar-refractivity contribution < 1.29 is 14.4 Å². The quantitative estimate of drug-likeness (QED) is 0.144. The zero-order valence-corrected chi connectivity index (χ0v) is 21.7. The zero-order chi connectivity index (χ0) is 24.6. The molecule has 0 aromatic rings. The lowest BCUT2D eigenvalue weighted by atomic mass is 10.1. The summed E-state index contributed by atoms with van der Waals surface area (Å²) in [4.78, 5) is 36.9. The highest BCUT2D eigenvalue weighted by Crippen LogP contribution is 2.07. The van der Waals surface area contributed by atoms with Crippen molar-refractivity contribution in [3.05, 3.63) is 12.2 Å². The Labute approximate surface area is 203 Å². The highest BCUT2D eigenvalue weighted by Gasteiger charge is 2.21. The van der Waals surface area contributed by atoms with Crippen molar-refractivity contribution in [3.63, 3.8) is 0 Å². The standard InChI is InChI=1S/C27H51N3O3/c1-4-7-10-11-12-13-14-15-16-17-18-19-26(32)30-24(27(33)29-23-9-6-3)20-21-25(31)28-22-8-5-2/h13-14,24H,4-12,15-23H2,1-3H3,(H,28,31)(H,29,33)(H,30,32)/b14-13+/t24-/m0/s1. The summed E-state index contributed by atoms with van der Waals surface area (Å²) in [6.45, 7) is 7.62. The van der Waals surface area contributed by atoms with Crippen LogP contribution in [0.1, 0.15) is 124 Å². The van der Waals surface area contributed by atoms with Gasteiger partial charge in [-0.1, -0.05) is 71.4 Å². The van der Waals surface area contributed by atoms with Gasteiger partial charge in [0.1, 0.15) is 6.04 Å². The van der Waals surface area contributed by atoms with E-state index in [9.17, 15) is 14.4 Å². The van der Waals surface area contributed by atoms with Crippen LogP contribution in [0.2, 0.25) is 0 Å². The SMILES string of the molecule is CCCCCC/C=C/CCCCCC(=O)N[C@@H](CCC(=O)NCCCC)C(=O)NCCCC. The fourth-order valence-corrected chi connectivity index (χ4v) is 3.46. The van der Waals surface area contributed by atoms with Gasteiger partial charge in [0.15, 0.2) is 0 Å². The molecule has 0 rings (SSSR count). The Morgan fingerprint density at radius 1 is 0.636 bits per heavy atom. The summed E-state index contributed by atoms with van der Waals surface area (Å²) in [6.07, 6.45) is 19.7. The van der Waals surface area contributed by atoms with Gasteiger partial charge in [-0.25, -0.2) is 0 Å². The monoisotopic (exact) mass is 465 g/mol. The molecule has 0 aromatic carbocycles. The van der Waals surface area contributed by atoms with Gasteiger partial charge in [0, 0.05) is 25.9 Å². The summed E-state index contributed by atoms with van der Waals surface area (Å²) >= 11 is 0. The van der Waals surface area contributed by atoms with Crippen LogP contribution in [0.15, 0.2) is 12.2 Å². The molecule has 6 heteroatoms. The number of nitrogens with one attached hydrogen (secondary N) is 3. The number of hydrogen-bond acceptors (Lipinski definition) is 3. The van der Waals surface area contributed by atoms with Crippen molar-refractivity contribution in [2.75, 3.05) is 13.1 Å². The minimum atomic E-state index is -0.651. The molecule has 0 fully saturated rings.